The molecule has 0 aromatic carbocycles. The van der Waals surface area contributed by atoms with Crippen LogP contribution >= 0.6 is 0 Å². The van der Waals surface area contributed by atoms with Gasteiger partial charge in [0.2, 0.25) is 5.91 Å². The van der Waals surface area contributed by atoms with Crippen molar-refractivity contribution < 1.29 is 4.79 Å². The number of aromatic nitrogens is 4. The van der Waals surface area contributed by atoms with Crippen LogP contribution in [0.25, 0.3) is 5.82 Å². The van der Waals surface area contributed by atoms with Crippen molar-refractivity contribution in [1.82, 2.24) is 25.3 Å². The smallest absolute Gasteiger partial charge is 0.220 e. The normalized spacial score (nSPS) is 10.7. The molecule has 0 aliphatic rings. The first kappa shape index (κ1) is 15.9. The molecule has 1 amide bonds. The molecule has 2 aromatic heterocycles. The first-order chi connectivity index (χ1) is 10.5. The summed E-state index contributed by atoms with van der Waals surface area (Å²) < 4.78 is 1.68. The topological polar surface area (TPSA) is 84.7 Å². The molecular weight excluding hydrogens is 280 g/mol. The van der Waals surface area contributed by atoms with E-state index >= 15 is 0 Å². The molecule has 0 aliphatic carbocycles. The van der Waals surface area contributed by atoms with E-state index in [-0.39, 0.29) is 5.91 Å². The molecule has 22 heavy (non-hydrogen) atoms. The maximum Gasteiger partial charge on any atom is 0.220 e. The molecule has 7 heteroatoms. The fourth-order valence-corrected chi connectivity index (χ4v) is 1.92. The standard InChI is InChI=1S/C15H22N6O/c1-11(2)10-15(22)17-8-7-16-13-4-5-14(19-18-13)21-9-6-12(3)20-21/h4-6,9,11H,7-8,10H2,1-3H3,(H,16,18)(H,17,22). The van der Waals surface area contributed by atoms with Crippen molar-refractivity contribution in [1.29, 1.82) is 0 Å². The van der Waals surface area contributed by atoms with E-state index in [4.69, 9.17) is 0 Å². The first-order valence-electron chi connectivity index (χ1n) is 7.41. The molecule has 0 aliphatic heterocycles. The highest BCUT2D eigenvalue weighted by Gasteiger charge is 2.04. The van der Waals surface area contributed by atoms with E-state index in [9.17, 15) is 4.79 Å². The zero-order valence-electron chi connectivity index (χ0n) is 13.2. The van der Waals surface area contributed by atoms with Crippen LogP contribution in [0.4, 0.5) is 5.82 Å². The van der Waals surface area contributed by atoms with Crippen molar-refractivity contribution in [3.63, 3.8) is 0 Å². The molecule has 0 atom stereocenters. The highest BCUT2D eigenvalue weighted by molar-refractivity contribution is 5.76. The highest BCUT2D eigenvalue weighted by Crippen LogP contribution is 2.06. The molecule has 2 aromatic rings. The van der Waals surface area contributed by atoms with Gasteiger partial charge in [0.1, 0.15) is 5.82 Å². The summed E-state index contributed by atoms with van der Waals surface area (Å²) in [5.41, 5.74) is 0.932. The molecule has 0 fully saturated rings. The number of carbonyl (C=O) groups excluding carboxylic acids is 1. The van der Waals surface area contributed by atoms with Crippen LogP contribution < -0.4 is 10.6 Å². The van der Waals surface area contributed by atoms with Gasteiger partial charge in [0.05, 0.1) is 5.69 Å². The average molecular weight is 302 g/mol. The van der Waals surface area contributed by atoms with E-state index < -0.39 is 0 Å². The molecule has 118 valence electrons. The quantitative estimate of drug-likeness (QED) is 0.758. The second kappa shape index (κ2) is 7.53. The minimum Gasteiger partial charge on any atom is -0.367 e. The summed E-state index contributed by atoms with van der Waals surface area (Å²) in [7, 11) is 0. The van der Waals surface area contributed by atoms with Crippen LogP contribution in [0.1, 0.15) is 26.0 Å². The second-order valence-electron chi connectivity index (χ2n) is 5.55. The van der Waals surface area contributed by atoms with Crippen molar-refractivity contribution in [2.45, 2.75) is 27.2 Å². The Labute approximate surface area is 130 Å². The molecule has 0 spiro atoms. The Morgan fingerprint density at radius 2 is 2.05 bits per heavy atom. The maximum atomic E-state index is 11.5. The zero-order chi connectivity index (χ0) is 15.9. The predicted molar refractivity (Wildman–Crippen MR) is 84.8 cm³/mol. The summed E-state index contributed by atoms with van der Waals surface area (Å²) in [5, 5.41) is 18.5. The molecule has 2 N–H and O–H groups in total. The lowest BCUT2D eigenvalue weighted by Gasteiger charge is -2.08. The third-order valence-corrected chi connectivity index (χ3v) is 2.95. The average Bonchev–Trinajstić information content (AvgIpc) is 2.90. The van der Waals surface area contributed by atoms with Gasteiger partial charge in [-0.1, -0.05) is 13.8 Å². The summed E-state index contributed by atoms with van der Waals surface area (Å²) in [4.78, 5) is 11.5. The molecule has 2 heterocycles. The molecule has 0 bridgehead atoms. The van der Waals surface area contributed by atoms with Gasteiger partial charge in [-0.25, -0.2) is 4.68 Å². The summed E-state index contributed by atoms with van der Waals surface area (Å²) in [6, 6.07) is 5.60. The van der Waals surface area contributed by atoms with Crippen molar-refractivity contribution in [3.8, 4) is 5.82 Å². The minimum atomic E-state index is 0.0762. The molecule has 2 rings (SSSR count). The van der Waals surface area contributed by atoms with Crippen molar-refractivity contribution >= 4 is 11.7 Å². The zero-order valence-corrected chi connectivity index (χ0v) is 13.2. The van der Waals surface area contributed by atoms with Crippen LogP contribution in [-0.2, 0) is 4.79 Å². The van der Waals surface area contributed by atoms with Gasteiger partial charge in [-0.2, -0.15) is 5.10 Å². The number of rotatable bonds is 7. The van der Waals surface area contributed by atoms with Gasteiger partial charge < -0.3 is 10.6 Å². The Kier molecular flexibility index (Phi) is 5.46. The fraction of sp³-hybridized carbons (Fsp3) is 0.467. The summed E-state index contributed by atoms with van der Waals surface area (Å²) in [6.45, 7) is 7.14. The molecule has 7 nitrogen and oxygen atoms in total. The number of anilines is 1. The van der Waals surface area contributed by atoms with E-state index in [1.165, 1.54) is 0 Å². The lowest BCUT2D eigenvalue weighted by Crippen LogP contribution is -2.29. The van der Waals surface area contributed by atoms with Gasteiger partial charge in [-0.3, -0.25) is 4.79 Å². The predicted octanol–water partition coefficient (Wildman–Crippen LogP) is 1.54. The highest BCUT2D eigenvalue weighted by atomic mass is 16.1. The second-order valence-corrected chi connectivity index (χ2v) is 5.55. The first-order valence-corrected chi connectivity index (χ1v) is 7.41. The Morgan fingerprint density at radius 3 is 2.64 bits per heavy atom. The Bertz CT molecular complexity index is 605. The fourth-order valence-electron chi connectivity index (χ4n) is 1.92. The van der Waals surface area contributed by atoms with Crippen LogP contribution in [-0.4, -0.2) is 39.0 Å². The van der Waals surface area contributed by atoms with E-state index in [0.29, 0.717) is 37.1 Å². The van der Waals surface area contributed by atoms with Crippen LogP contribution in [0.3, 0.4) is 0 Å². The van der Waals surface area contributed by atoms with Gasteiger partial charge in [0, 0.05) is 25.7 Å². The third kappa shape index (κ3) is 4.83. The summed E-state index contributed by atoms with van der Waals surface area (Å²) >= 11 is 0. The van der Waals surface area contributed by atoms with Crippen molar-refractivity contribution in [3.05, 3.63) is 30.1 Å². The lowest BCUT2D eigenvalue weighted by atomic mass is 10.1. The maximum absolute atomic E-state index is 11.5. The van der Waals surface area contributed by atoms with Crippen LogP contribution in [0, 0.1) is 12.8 Å². The Balaban J connectivity index is 1.76. The van der Waals surface area contributed by atoms with Gasteiger partial charge >= 0.3 is 0 Å². The lowest BCUT2D eigenvalue weighted by molar-refractivity contribution is -0.121. The SMILES string of the molecule is Cc1ccn(-c2ccc(NCCNC(=O)CC(C)C)nn2)n1. The number of hydrogen-bond acceptors (Lipinski definition) is 5. The summed E-state index contributed by atoms with van der Waals surface area (Å²) in [5.74, 6) is 1.79. The van der Waals surface area contributed by atoms with Crippen molar-refractivity contribution in [2.24, 2.45) is 5.92 Å². The van der Waals surface area contributed by atoms with Gasteiger partial charge in [0.25, 0.3) is 0 Å². The Hall–Kier alpha value is -2.44. The number of aryl methyl sites for hydroxylation is 1. The van der Waals surface area contributed by atoms with E-state index in [0.717, 1.165) is 5.69 Å². The number of amides is 1. The number of nitrogens with zero attached hydrogens (tertiary/aromatic N) is 4. The molecule has 0 saturated carbocycles. The number of hydrogen-bond donors (Lipinski definition) is 2. The minimum absolute atomic E-state index is 0.0762. The van der Waals surface area contributed by atoms with Crippen LogP contribution in [0.2, 0.25) is 0 Å². The molecule has 0 unspecified atom stereocenters. The van der Waals surface area contributed by atoms with E-state index in [1.54, 1.807) is 4.68 Å². The van der Waals surface area contributed by atoms with Gasteiger partial charge in [-0.05, 0) is 31.0 Å². The molecular formula is C15H22N6O. The third-order valence-electron chi connectivity index (χ3n) is 2.95. The van der Waals surface area contributed by atoms with E-state index in [1.807, 2.05) is 45.2 Å². The monoisotopic (exact) mass is 302 g/mol. The van der Waals surface area contributed by atoms with Crippen LogP contribution in [0.5, 0.6) is 0 Å². The number of nitrogens with one attached hydrogen (secondary N) is 2. The molecule has 0 saturated heterocycles. The van der Waals surface area contributed by atoms with Crippen molar-refractivity contribution in [2.75, 3.05) is 18.4 Å². The largest absolute Gasteiger partial charge is 0.367 e. The number of carbonyl (C=O) groups is 1. The Morgan fingerprint density at radius 1 is 1.23 bits per heavy atom. The van der Waals surface area contributed by atoms with Gasteiger partial charge in [0.15, 0.2) is 5.82 Å². The summed E-state index contributed by atoms with van der Waals surface area (Å²) in [6.07, 6.45) is 2.40. The van der Waals surface area contributed by atoms with Crippen LogP contribution in [0.15, 0.2) is 24.4 Å². The van der Waals surface area contributed by atoms with Gasteiger partial charge in [-0.15, -0.1) is 10.2 Å². The molecule has 0 radical (unpaired) electrons. The van der Waals surface area contributed by atoms with E-state index in [2.05, 4.69) is 25.9 Å².